The van der Waals surface area contributed by atoms with Crippen molar-refractivity contribution in [1.82, 2.24) is 0 Å². The van der Waals surface area contributed by atoms with Gasteiger partial charge in [0.15, 0.2) is 5.76 Å². The molecule has 0 aliphatic carbocycles. The van der Waals surface area contributed by atoms with Crippen LogP contribution in [0.4, 0.5) is 0 Å². The van der Waals surface area contributed by atoms with Gasteiger partial charge in [-0.15, -0.1) is 0 Å². The van der Waals surface area contributed by atoms with E-state index in [2.05, 4.69) is 0 Å². The fourth-order valence-electron chi connectivity index (χ4n) is 1.67. The Labute approximate surface area is 94.9 Å². The standard InChI is InChI=1S/C14H14O2/c1-9-4-5-10(2)12(8-9)14(15)13-7-6-11(3)16-13/h4-8H,1-3H3. The second-order valence-corrected chi connectivity index (χ2v) is 4.06. The molecule has 0 atom stereocenters. The Hall–Kier alpha value is -1.83. The molecule has 1 aromatic heterocycles. The van der Waals surface area contributed by atoms with Crippen molar-refractivity contribution in [2.45, 2.75) is 20.8 Å². The van der Waals surface area contributed by atoms with Crippen LogP contribution in [0.3, 0.4) is 0 Å². The number of carbonyl (C=O) groups excluding carboxylic acids is 1. The second-order valence-electron chi connectivity index (χ2n) is 4.06. The highest BCUT2D eigenvalue weighted by atomic mass is 16.3. The molecule has 0 spiro atoms. The smallest absolute Gasteiger partial charge is 0.228 e. The summed E-state index contributed by atoms with van der Waals surface area (Å²) in [6, 6.07) is 9.38. The molecule has 0 amide bonds. The molecule has 0 aliphatic rings. The number of carbonyl (C=O) groups is 1. The van der Waals surface area contributed by atoms with Crippen molar-refractivity contribution >= 4 is 5.78 Å². The lowest BCUT2D eigenvalue weighted by Crippen LogP contribution is -2.02. The molecule has 0 radical (unpaired) electrons. The summed E-state index contributed by atoms with van der Waals surface area (Å²) >= 11 is 0. The summed E-state index contributed by atoms with van der Waals surface area (Å²) in [5.41, 5.74) is 2.77. The zero-order valence-corrected chi connectivity index (χ0v) is 9.70. The minimum atomic E-state index is -0.0469. The molecule has 0 saturated heterocycles. The average molecular weight is 214 g/mol. The number of furan rings is 1. The molecular formula is C14H14O2. The zero-order valence-electron chi connectivity index (χ0n) is 9.70. The third-order valence-electron chi connectivity index (χ3n) is 2.60. The molecule has 2 aromatic rings. The Morgan fingerprint density at radius 3 is 2.44 bits per heavy atom. The van der Waals surface area contributed by atoms with Gasteiger partial charge in [-0.3, -0.25) is 4.79 Å². The summed E-state index contributed by atoms with van der Waals surface area (Å²) in [6.07, 6.45) is 0. The van der Waals surface area contributed by atoms with E-state index in [9.17, 15) is 4.79 Å². The highest BCUT2D eigenvalue weighted by Crippen LogP contribution is 2.17. The first-order valence-corrected chi connectivity index (χ1v) is 5.26. The monoisotopic (exact) mass is 214 g/mol. The van der Waals surface area contributed by atoms with E-state index in [1.807, 2.05) is 39.0 Å². The summed E-state index contributed by atoms with van der Waals surface area (Å²) in [5, 5.41) is 0. The van der Waals surface area contributed by atoms with Gasteiger partial charge in [-0.2, -0.15) is 0 Å². The van der Waals surface area contributed by atoms with Gasteiger partial charge >= 0.3 is 0 Å². The Bertz CT molecular complexity index is 535. The molecule has 0 N–H and O–H groups in total. The van der Waals surface area contributed by atoms with Gasteiger partial charge in [-0.1, -0.05) is 17.7 Å². The highest BCUT2D eigenvalue weighted by molar-refractivity contribution is 6.08. The number of hydrogen-bond donors (Lipinski definition) is 0. The maximum Gasteiger partial charge on any atom is 0.228 e. The number of benzene rings is 1. The van der Waals surface area contributed by atoms with E-state index in [1.54, 1.807) is 12.1 Å². The van der Waals surface area contributed by atoms with Crippen LogP contribution in [0.15, 0.2) is 34.7 Å². The third kappa shape index (κ3) is 1.91. The molecule has 0 bridgehead atoms. The number of aryl methyl sites for hydroxylation is 3. The Kier molecular flexibility index (Phi) is 2.65. The van der Waals surface area contributed by atoms with Crippen LogP contribution in [0.5, 0.6) is 0 Å². The Morgan fingerprint density at radius 2 is 1.81 bits per heavy atom. The van der Waals surface area contributed by atoms with Crippen molar-refractivity contribution in [2.24, 2.45) is 0 Å². The summed E-state index contributed by atoms with van der Waals surface area (Å²) in [7, 11) is 0. The van der Waals surface area contributed by atoms with Crippen LogP contribution >= 0.6 is 0 Å². The lowest BCUT2D eigenvalue weighted by molar-refractivity contribution is 0.101. The van der Waals surface area contributed by atoms with E-state index in [0.29, 0.717) is 11.3 Å². The molecule has 82 valence electrons. The van der Waals surface area contributed by atoms with Gasteiger partial charge in [0.1, 0.15) is 5.76 Å². The van der Waals surface area contributed by atoms with Gasteiger partial charge in [0.2, 0.25) is 5.78 Å². The molecule has 2 rings (SSSR count). The third-order valence-corrected chi connectivity index (χ3v) is 2.60. The van der Waals surface area contributed by atoms with E-state index in [4.69, 9.17) is 4.42 Å². The van der Waals surface area contributed by atoms with Crippen LogP contribution in [-0.4, -0.2) is 5.78 Å². The van der Waals surface area contributed by atoms with E-state index in [1.165, 1.54) is 0 Å². The zero-order chi connectivity index (χ0) is 11.7. The van der Waals surface area contributed by atoms with Crippen LogP contribution in [0.2, 0.25) is 0 Å². The van der Waals surface area contributed by atoms with E-state index >= 15 is 0 Å². The van der Waals surface area contributed by atoms with Gasteiger partial charge in [-0.05, 0) is 44.5 Å². The van der Waals surface area contributed by atoms with Crippen LogP contribution in [-0.2, 0) is 0 Å². The maximum atomic E-state index is 12.1. The molecule has 0 saturated carbocycles. The summed E-state index contributed by atoms with van der Waals surface area (Å²) in [6.45, 7) is 5.74. The fraction of sp³-hybridized carbons (Fsp3) is 0.214. The lowest BCUT2D eigenvalue weighted by Gasteiger charge is -2.04. The van der Waals surface area contributed by atoms with Crippen molar-refractivity contribution < 1.29 is 9.21 Å². The maximum absolute atomic E-state index is 12.1. The molecule has 0 unspecified atom stereocenters. The first kappa shape index (κ1) is 10.7. The summed E-state index contributed by atoms with van der Waals surface area (Å²) in [5.74, 6) is 1.12. The second kappa shape index (κ2) is 3.97. The van der Waals surface area contributed by atoms with Gasteiger partial charge in [0.25, 0.3) is 0 Å². The molecule has 1 heterocycles. The van der Waals surface area contributed by atoms with Crippen LogP contribution in [0.25, 0.3) is 0 Å². The molecule has 0 fully saturated rings. The van der Waals surface area contributed by atoms with E-state index in [-0.39, 0.29) is 5.78 Å². The van der Waals surface area contributed by atoms with E-state index in [0.717, 1.165) is 16.9 Å². The van der Waals surface area contributed by atoms with Crippen LogP contribution in [0.1, 0.15) is 33.0 Å². The molecule has 1 aromatic carbocycles. The topological polar surface area (TPSA) is 30.2 Å². The minimum Gasteiger partial charge on any atom is -0.458 e. The predicted molar refractivity (Wildman–Crippen MR) is 62.8 cm³/mol. The van der Waals surface area contributed by atoms with Crippen molar-refractivity contribution in [2.75, 3.05) is 0 Å². The first-order chi connectivity index (χ1) is 7.58. The first-order valence-electron chi connectivity index (χ1n) is 5.26. The largest absolute Gasteiger partial charge is 0.458 e. The van der Waals surface area contributed by atoms with Crippen molar-refractivity contribution in [1.29, 1.82) is 0 Å². The lowest BCUT2D eigenvalue weighted by atomic mass is 10.0. The molecule has 2 nitrogen and oxygen atoms in total. The van der Waals surface area contributed by atoms with Crippen molar-refractivity contribution in [3.8, 4) is 0 Å². The van der Waals surface area contributed by atoms with Crippen molar-refractivity contribution in [3.05, 3.63) is 58.5 Å². The Morgan fingerprint density at radius 1 is 1.06 bits per heavy atom. The minimum absolute atomic E-state index is 0.0469. The van der Waals surface area contributed by atoms with Gasteiger partial charge in [0, 0.05) is 5.56 Å². The molecule has 0 aliphatic heterocycles. The van der Waals surface area contributed by atoms with Gasteiger partial charge in [-0.25, -0.2) is 0 Å². The fourth-order valence-corrected chi connectivity index (χ4v) is 1.67. The number of hydrogen-bond acceptors (Lipinski definition) is 2. The molecule has 16 heavy (non-hydrogen) atoms. The van der Waals surface area contributed by atoms with Gasteiger partial charge < -0.3 is 4.42 Å². The molecular weight excluding hydrogens is 200 g/mol. The SMILES string of the molecule is Cc1ccc(C)c(C(=O)c2ccc(C)o2)c1. The predicted octanol–water partition coefficient (Wildman–Crippen LogP) is 3.44. The quantitative estimate of drug-likeness (QED) is 0.717. The number of rotatable bonds is 2. The van der Waals surface area contributed by atoms with Crippen LogP contribution in [0, 0.1) is 20.8 Å². The summed E-state index contributed by atoms with van der Waals surface area (Å²) in [4.78, 5) is 12.1. The van der Waals surface area contributed by atoms with E-state index < -0.39 is 0 Å². The summed E-state index contributed by atoms with van der Waals surface area (Å²) < 4.78 is 5.35. The highest BCUT2D eigenvalue weighted by Gasteiger charge is 2.14. The van der Waals surface area contributed by atoms with Crippen LogP contribution < -0.4 is 0 Å². The molecule has 2 heteroatoms. The normalized spacial score (nSPS) is 10.4. The van der Waals surface area contributed by atoms with Gasteiger partial charge in [0.05, 0.1) is 0 Å². The average Bonchev–Trinajstić information content (AvgIpc) is 2.67. The van der Waals surface area contributed by atoms with Crippen molar-refractivity contribution in [3.63, 3.8) is 0 Å². The Balaban J connectivity index is 2.45. The number of ketones is 1.